The van der Waals surface area contributed by atoms with Gasteiger partial charge in [-0.2, -0.15) is 0 Å². The minimum Gasteiger partial charge on any atom is -0.309 e. The summed E-state index contributed by atoms with van der Waals surface area (Å²) in [6.45, 7) is 17.3. The Morgan fingerprint density at radius 1 is 0.250 bits per heavy atom. The van der Waals surface area contributed by atoms with E-state index in [9.17, 15) is 0 Å². The molecule has 0 heterocycles. The fourth-order valence-electron chi connectivity index (χ4n) is 17.6. The first-order valence-corrected chi connectivity index (χ1v) is 34.9. The number of hydrogen-bond donors (Lipinski definition) is 0. The van der Waals surface area contributed by atoms with Crippen molar-refractivity contribution in [1.82, 2.24) is 0 Å². The molecule has 0 saturated heterocycles. The highest BCUT2D eigenvalue weighted by molar-refractivity contribution is 6.15. The summed E-state index contributed by atoms with van der Waals surface area (Å²) in [5.74, 6) is 0. The fraction of sp³-hybridized carbons (Fsp3) is 0.0612. The van der Waals surface area contributed by atoms with Crippen LogP contribution in [0.3, 0.4) is 0 Å². The van der Waals surface area contributed by atoms with Crippen molar-refractivity contribution in [2.24, 2.45) is 0 Å². The van der Waals surface area contributed by atoms with Crippen LogP contribution >= 0.6 is 0 Å². The van der Waals surface area contributed by atoms with E-state index in [1.54, 1.807) is 0 Å². The van der Waals surface area contributed by atoms with Crippen LogP contribution in [0.4, 0.5) is 34.1 Å². The maximum absolute atomic E-state index is 4.17. The maximum Gasteiger partial charge on any atom is 0.0716 e. The van der Waals surface area contributed by atoms with Crippen LogP contribution < -0.4 is 9.80 Å². The molecule has 0 fully saturated rings. The third-order valence-electron chi connectivity index (χ3n) is 21.9. The van der Waals surface area contributed by atoms with Gasteiger partial charge in [0.2, 0.25) is 0 Å². The molecule has 2 heteroatoms. The van der Waals surface area contributed by atoms with E-state index in [0.29, 0.717) is 0 Å². The lowest BCUT2D eigenvalue weighted by molar-refractivity contribution is 0.760. The third kappa shape index (κ3) is 9.10. The van der Waals surface area contributed by atoms with Gasteiger partial charge in [-0.15, -0.1) is 0 Å². The lowest BCUT2D eigenvalue weighted by atomic mass is 9.66. The highest BCUT2D eigenvalue weighted by Crippen LogP contribution is 2.61. The van der Waals surface area contributed by atoms with Gasteiger partial charge in [0.25, 0.3) is 0 Å². The van der Waals surface area contributed by atoms with Crippen LogP contribution in [0.5, 0.6) is 0 Å². The summed E-state index contributed by atoms with van der Waals surface area (Å²) in [6.07, 6.45) is 3.88. The highest BCUT2D eigenvalue weighted by atomic mass is 15.2. The largest absolute Gasteiger partial charge is 0.309 e. The number of fused-ring (bicyclic) bond motifs is 10. The van der Waals surface area contributed by atoms with E-state index in [-0.39, 0.29) is 0 Å². The zero-order valence-corrected chi connectivity index (χ0v) is 56.6. The van der Waals surface area contributed by atoms with Crippen LogP contribution in [-0.2, 0) is 10.8 Å². The van der Waals surface area contributed by atoms with Gasteiger partial charge in [-0.05, 0) is 198 Å². The van der Waals surface area contributed by atoms with Crippen LogP contribution in [0.1, 0.15) is 77.9 Å². The number of hydrogen-bond acceptors (Lipinski definition) is 2. The van der Waals surface area contributed by atoms with E-state index in [1.807, 2.05) is 12.2 Å². The molecule has 100 heavy (non-hydrogen) atoms. The molecule has 474 valence electrons. The van der Waals surface area contributed by atoms with Crippen LogP contribution in [0.2, 0.25) is 0 Å². The molecule has 0 amide bonds. The van der Waals surface area contributed by atoms with E-state index >= 15 is 0 Å². The normalized spacial score (nSPS) is 15.0. The summed E-state index contributed by atoms with van der Waals surface area (Å²) < 4.78 is 0. The van der Waals surface area contributed by atoms with E-state index in [2.05, 4.69) is 378 Å². The van der Waals surface area contributed by atoms with Crippen molar-refractivity contribution in [3.8, 4) is 33.4 Å². The number of nitrogens with zero attached hydrogens (tertiary/aromatic N) is 2. The minimum absolute atomic E-state index is 0.637. The average Bonchev–Trinajstić information content (AvgIpc) is 1.52. The Balaban J connectivity index is 0.846. The molecule has 16 aromatic carbocycles. The number of benzene rings is 16. The Kier molecular flexibility index (Phi) is 14.3. The first-order valence-electron chi connectivity index (χ1n) is 34.9. The Bertz CT molecular complexity index is 5650. The van der Waals surface area contributed by atoms with E-state index in [1.165, 1.54) is 111 Å². The Hall–Kier alpha value is -12.4. The van der Waals surface area contributed by atoms with Gasteiger partial charge in [-0.1, -0.05) is 315 Å². The van der Waals surface area contributed by atoms with Crippen molar-refractivity contribution < 1.29 is 0 Å². The maximum atomic E-state index is 4.17. The number of aryl methyl sites for hydroxylation is 4. The van der Waals surface area contributed by atoms with Gasteiger partial charge >= 0.3 is 0 Å². The Morgan fingerprint density at radius 3 is 1.00 bits per heavy atom. The highest BCUT2D eigenvalue weighted by Gasteiger charge is 2.49. The van der Waals surface area contributed by atoms with Crippen molar-refractivity contribution in [3.05, 3.63) is 419 Å². The van der Waals surface area contributed by atoms with Gasteiger partial charge in [0, 0.05) is 32.9 Å². The molecular weight excluding hydrogens is 1210 g/mol. The quantitative estimate of drug-likeness (QED) is 0.114. The lowest BCUT2D eigenvalue weighted by Crippen LogP contribution is -2.30. The standard InChI is InChI=1S/C98H72N2/c1-7-67-41-45-71(46-42-67)97(87-55-39-63(3)59-65(87)5)89-35-19-17-31-81(89)83-51-49-73(61-91(83)97)99(93-37-21-25-69-23-9-11-27-75(69)93)95-57-53-79(77-29-13-15-33-85(77)95)80-54-58-96(86-34-16-14-30-78(80)86)100(94-38-22-26-70-24-10-12-28-76(70)94)74-50-52-84-82-32-18-20-36-90(82)98(92(84)62-74,72-47-43-68(8-2)44-48-72)88-56-40-64(4)60-66(88)6/h7-62H,1-2H2,3-6H3. The van der Waals surface area contributed by atoms with Gasteiger partial charge in [-0.25, -0.2) is 0 Å². The SMILES string of the molecule is C=Cc1ccc(C2(c3ccc(C)cc3C)c3ccccc3-c3ccc(N(c4cccc5ccccc45)c4ccc(-c5ccc(N(c6ccc7c(c6)C(c6ccc(C=C)cc6)(c6ccc(C)cc6C)c6ccccc6-7)c6cccc7ccccc67)c6ccccc56)c5ccccc45)cc32)cc1. The monoisotopic (exact) mass is 1280 g/mol. The summed E-state index contributed by atoms with van der Waals surface area (Å²) in [4.78, 5) is 5.07. The molecule has 0 aromatic heterocycles. The smallest absolute Gasteiger partial charge is 0.0716 e. The van der Waals surface area contributed by atoms with Gasteiger partial charge in [0.05, 0.1) is 33.6 Å². The number of anilines is 6. The van der Waals surface area contributed by atoms with Crippen molar-refractivity contribution in [2.45, 2.75) is 38.5 Å². The molecule has 0 spiro atoms. The molecule has 16 aromatic rings. The van der Waals surface area contributed by atoms with Crippen molar-refractivity contribution in [3.63, 3.8) is 0 Å². The second kappa shape index (κ2) is 23.7. The molecule has 2 nitrogen and oxygen atoms in total. The van der Waals surface area contributed by atoms with Crippen LogP contribution in [-0.4, -0.2) is 0 Å². The Morgan fingerprint density at radius 2 is 0.590 bits per heavy atom. The lowest BCUT2D eigenvalue weighted by Gasteiger charge is -2.36. The minimum atomic E-state index is -0.637. The molecule has 0 saturated carbocycles. The van der Waals surface area contributed by atoms with E-state index < -0.39 is 10.8 Å². The fourth-order valence-corrected chi connectivity index (χ4v) is 17.6. The molecule has 2 aliphatic carbocycles. The first kappa shape index (κ1) is 60.1. The predicted molar refractivity (Wildman–Crippen MR) is 425 cm³/mol. The summed E-state index contributed by atoms with van der Waals surface area (Å²) in [5.41, 5.74) is 29.8. The summed E-state index contributed by atoms with van der Waals surface area (Å²) >= 11 is 0. The predicted octanol–water partition coefficient (Wildman–Crippen LogP) is 26.2. The molecule has 2 atom stereocenters. The molecule has 18 rings (SSSR count). The zero-order chi connectivity index (χ0) is 67.4. The van der Waals surface area contributed by atoms with Crippen molar-refractivity contribution in [1.29, 1.82) is 0 Å². The second-order valence-corrected chi connectivity index (χ2v) is 27.4. The average molecular weight is 1280 g/mol. The molecule has 0 bridgehead atoms. The summed E-state index contributed by atoms with van der Waals surface area (Å²) in [7, 11) is 0. The van der Waals surface area contributed by atoms with Crippen molar-refractivity contribution in [2.75, 3.05) is 9.80 Å². The molecule has 0 aliphatic heterocycles. The van der Waals surface area contributed by atoms with Crippen LogP contribution in [0.15, 0.2) is 341 Å². The van der Waals surface area contributed by atoms with E-state index in [4.69, 9.17) is 0 Å². The summed E-state index contributed by atoms with van der Waals surface area (Å²) in [5, 5.41) is 9.33. The van der Waals surface area contributed by atoms with Gasteiger partial charge < -0.3 is 9.80 Å². The van der Waals surface area contributed by atoms with Crippen LogP contribution in [0.25, 0.3) is 88.6 Å². The molecule has 2 aliphatic rings. The summed E-state index contributed by atoms with van der Waals surface area (Å²) in [6, 6.07) is 124. The first-order chi connectivity index (χ1) is 49.1. The zero-order valence-electron chi connectivity index (χ0n) is 56.6. The van der Waals surface area contributed by atoms with E-state index in [0.717, 1.165) is 77.9 Å². The second-order valence-electron chi connectivity index (χ2n) is 27.4. The Labute approximate surface area is 586 Å². The number of rotatable bonds is 13. The van der Waals surface area contributed by atoms with Gasteiger partial charge in [-0.3, -0.25) is 0 Å². The van der Waals surface area contributed by atoms with Crippen molar-refractivity contribution >= 4 is 89.4 Å². The molecular formula is C98H72N2. The van der Waals surface area contributed by atoms with Gasteiger partial charge in [0.1, 0.15) is 0 Å². The third-order valence-corrected chi connectivity index (χ3v) is 21.9. The van der Waals surface area contributed by atoms with Crippen LogP contribution in [0, 0.1) is 27.7 Å². The molecule has 2 unspecified atom stereocenters. The van der Waals surface area contributed by atoms with Gasteiger partial charge in [0.15, 0.2) is 0 Å². The molecule has 0 radical (unpaired) electrons. The molecule has 0 N–H and O–H groups in total. The topological polar surface area (TPSA) is 6.48 Å².